The van der Waals surface area contributed by atoms with Crippen molar-refractivity contribution < 1.29 is 22.8 Å². The summed E-state index contributed by atoms with van der Waals surface area (Å²) in [7, 11) is 0. The predicted molar refractivity (Wildman–Crippen MR) is 89.0 cm³/mol. The van der Waals surface area contributed by atoms with Gasteiger partial charge in [0.25, 0.3) is 0 Å². The Balaban J connectivity index is 1.70. The van der Waals surface area contributed by atoms with Gasteiger partial charge in [-0.2, -0.15) is 13.2 Å². The minimum Gasteiger partial charge on any atom is -0.356 e. The fourth-order valence-corrected chi connectivity index (χ4v) is 3.15. The van der Waals surface area contributed by atoms with Crippen molar-refractivity contribution in [2.45, 2.75) is 38.0 Å². The van der Waals surface area contributed by atoms with Crippen LogP contribution in [0.15, 0.2) is 24.3 Å². The van der Waals surface area contributed by atoms with Crippen molar-refractivity contribution in [3.05, 3.63) is 35.4 Å². The summed E-state index contributed by atoms with van der Waals surface area (Å²) in [5.74, 6) is -0.0377. The minimum atomic E-state index is -4.45. The first-order chi connectivity index (χ1) is 12.3. The standard InChI is InChI=1S/C18H22F3N3O2/c19-18(20,21)14-4-2-1-3-13(14)11-24-8-7-22-17(26)15(24)9-16(25)23-10-12-5-6-12/h1-4,12,15H,5-11H2,(H,22,26)(H,23,25)/t15-/m0/s1. The summed E-state index contributed by atoms with van der Waals surface area (Å²) >= 11 is 0. The lowest BCUT2D eigenvalue weighted by Gasteiger charge is -2.35. The normalized spacial score (nSPS) is 21.3. The molecule has 1 aromatic rings. The Morgan fingerprint density at radius 2 is 2.00 bits per heavy atom. The molecular formula is C18H22F3N3O2. The number of carbonyl (C=O) groups is 2. The number of rotatable bonds is 6. The Labute approximate surface area is 149 Å². The number of piperazine rings is 1. The van der Waals surface area contributed by atoms with Crippen LogP contribution in [0.2, 0.25) is 0 Å². The Hall–Kier alpha value is -2.09. The van der Waals surface area contributed by atoms with Crippen LogP contribution in [0.1, 0.15) is 30.4 Å². The van der Waals surface area contributed by atoms with Crippen LogP contribution in [-0.4, -0.2) is 42.4 Å². The predicted octanol–water partition coefficient (Wildman–Crippen LogP) is 1.92. The molecule has 2 amide bonds. The minimum absolute atomic E-state index is 0.0241. The van der Waals surface area contributed by atoms with E-state index in [2.05, 4.69) is 10.6 Å². The van der Waals surface area contributed by atoms with E-state index in [9.17, 15) is 22.8 Å². The average Bonchev–Trinajstić information content (AvgIpc) is 3.40. The number of amides is 2. The van der Waals surface area contributed by atoms with E-state index in [4.69, 9.17) is 0 Å². The quantitative estimate of drug-likeness (QED) is 0.806. The fourth-order valence-electron chi connectivity index (χ4n) is 3.15. The van der Waals surface area contributed by atoms with Crippen LogP contribution in [-0.2, 0) is 22.3 Å². The molecule has 1 aliphatic carbocycles. The first-order valence-electron chi connectivity index (χ1n) is 8.78. The second-order valence-corrected chi connectivity index (χ2v) is 6.88. The van der Waals surface area contributed by atoms with Gasteiger partial charge in [0.15, 0.2) is 0 Å². The van der Waals surface area contributed by atoms with Gasteiger partial charge in [0, 0.05) is 26.2 Å². The lowest BCUT2D eigenvalue weighted by atomic mass is 10.0. The maximum Gasteiger partial charge on any atom is 0.416 e. The van der Waals surface area contributed by atoms with Crippen LogP contribution < -0.4 is 10.6 Å². The van der Waals surface area contributed by atoms with Crippen molar-refractivity contribution in [3.63, 3.8) is 0 Å². The molecule has 2 fully saturated rings. The molecule has 8 heteroatoms. The van der Waals surface area contributed by atoms with Gasteiger partial charge in [-0.3, -0.25) is 14.5 Å². The topological polar surface area (TPSA) is 61.4 Å². The van der Waals surface area contributed by atoms with Gasteiger partial charge < -0.3 is 10.6 Å². The van der Waals surface area contributed by atoms with E-state index in [-0.39, 0.29) is 30.3 Å². The van der Waals surface area contributed by atoms with Crippen LogP contribution in [0.5, 0.6) is 0 Å². The number of halogens is 3. The van der Waals surface area contributed by atoms with E-state index in [0.29, 0.717) is 25.6 Å². The molecule has 0 aromatic heterocycles. The van der Waals surface area contributed by atoms with Crippen LogP contribution in [0.25, 0.3) is 0 Å². The maximum atomic E-state index is 13.2. The zero-order valence-corrected chi connectivity index (χ0v) is 14.3. The Morgan fingerprint density at radius 3 is 2.69 bits per heavy atom. The summed E-state index contributed by atoms with van der Waals surface area (Å²) in [6, 6.07) is 4.59. The zero-order valence-electron chi connectivity index (χ0n) is 14.3. The highest BCUT2D eigenvalue weighted by Gasteiger charge is 2.36. The summed E-state index contributed by atoms with van der Waals surface area (Å²) in [6.07, 6.45) is -2.30. The highest BCUT2D eigenvalue weighted by Crippen LogP contribution is 2.33. The van der Waals surface area contributed by atoms with Gasteiger partial charge in [0.1, 0.15) is 0 Å². The van der Waals surface area contributed by atoms with E-state index in [1.165, 1.54) is 12.1 Å². The summed E-state index contributed by atoms with van der Waals surface area (Å²) in [4.78, 5) is 26.0. The average molecular weight is 369 g/mol. The van der Waals surface area contributed by atoms with Gasteiger partial charge in [0.05, 0.1) is 18.0 Å². The molecule has 0 spiro atoms. The molecule has 2 aliphatic rings. The molecule has 1 saturated heterocycles. The highest BCUT2D eigenvalue weighted by atomic mass is 19.4. The van der Waals surface area contributed by atoms with E-state index < -0.39 is 17.8 Å². The summed E-state index contributed by atoms with van der Waals surface area (Å²) < 4.78 is 39.6. The molecule has 1 heterocycles. The number of benzene rings is 1. The summed E-state index contributed by atoms with van der Waals surface area (Å²) in [5.41, 5.74) is -0.596. The number of nitrogens with one attached hydrogen (secondary N) is 2. The fraction of sp³-hybridized carbons (Fsp3) is 0.556. The van der Waals surface area contributed by atoms with Crippen molar-refractivity contribution in [3.8, 4) is 0 Å². The lowest BCUT2D eigenvalue weighted by Crippen LogP contribution is -2.56. The highest BCUT2D eigenvalue weighted by molar-refractivity contribution is 5.88. The third-order valence-electron chi connectivity index (χ3n) is 4.80. The molecule has 3 rings (SSSR count). The maximum absolute atomic E-state index is 13.2. The van der Waals surface area contributed by atoms with Crippen LogP contribution in [0.4, 0.5) is 13.2 Å². The van der Waals surface area contributed by atoms with Crippen LogP contribution >= 0.6 is 0 Å². The van der Waals surface area contributed by atoms with Crippen molar-refractivity contribution >= 4 is 11.8 Å². The van der Waals surface area contributed by atoms with Gasteiger partial charge in [0.2, 0.25) is 11.8 Å². The first kappa shape index (κ1) is 18.7. The molecule has 26 heavy (non-hydrogen) atoms. The molecule has 1 atom stereocenters. The van der Waals surface area contributed by atoms with E-state index in [1.54, 1.807) is 11.0 Å². The molecule has 1 saturated carbocycles. The number of hydrogen-bond donors (Lipinski definition) is 2. The molecule has 0 radical (unpaired) electrons. The third kappa shape index (κ3) is 4.75. The molecule has 142 valence electrons. The van der Waals surface area contributed by atoms with Gasteiger partial charge in [-0.25, -0.2) is 0 Å². The van der Waals surface area contributed by atoms with Gasteiger partial charge >= 0.3 is 6.18 Å². The molecule has 1 aromatic carbocycles. The number of nitrogens with zero attached hydrogens (tertiary/aromatic N) is 1. The Bertz CT molecular complexity index is 674. The van der Waals surface area contributed by atoms with Crippen molar-refractivity contribution in [1.29, 1.82) is 0 Å². The Kier molecular flexibility index (Phi) is 5.50. The molecule has 2 N–H and O–H groups in total. The summed E-state index contributed by atoms with van der Waals surface area (Å²) in [5, 5.41) is 5.50. The van der Waals surface area contributed by atoms with Crippen molar-refractivity contribution in [2.24, 2.45) is 5.92 Å². The van der Waals surface area contributed by atoms with Gasteiger partial charge in [-0.1, -0.05) is 18.2 Å². The van der Waals surface area contributed by atoms with Crippen molar-refractivity contribution in [1.82, 2.24) is 15.5 Å². The number of carbonyl (C=O) groups excluding carboxylic acids is 2. The monoisotopic (exact) mass is 369 g/mol. The molecule has 1 aliphatic heterocycles. The summed E-state index contributed by atoms with van der Waals surface area (Å²) in [6.45, 7) is 1.33. The second-order valence-electron chi connectivity index (χ2n) is 6.88. The SMILES string of the molecule is O=C(C[C@H]1C(=O)NCCN1Cc1ccccc1C(F)(F)F)NCC1CC1. The molecule has 0 unspecified atom stereocenters. The lowest BCUT2D eigenvalue weighted by molar-refractivity contribution is -0.139. The molecule has 0 bridgehead atoms. The largest absolute Gasteiger partial charge is 0.416 e. The molecule has 5 nitrogen and oxygen atoms in total. The third-order valence-corrected chi connectivity index (χ3v) is 4.80. The zero-order chi connectivity index (χ0) is 18.7. The number of alkyl halides is 3. The number of hydrogen-bond acceptors (Lipinski definition) is 3. The smallest absolute Gasteiger partial charge is 0.356 e. The van der Waals surface area contributed by atoms with E-state index >= 15 is 0 Å². The van der Waals surface area contributed by atoms with Crippen molar-refractivity contribution in [2.75, 3.05) is 19.6 Å². The van der Waals surface area contributed by atoms with Gasteiger partial charge in [-0.05, 0) is 30.4 Å². The molecular weight excluding hydrogens is 347 g/mol. The van der Waals surface area contributed by atoms with E-state index in [0.717, 1.165) is 18.9 Å². The first-order valence-corrected chi connectivity index (χ1v) is 8.78. The van der Waals surface area contributed by atoms with E-state index in [1.807, 2.05) is 0 Å². The second kappa shape index (κ2) is 7.65. The van der Waals surface area contributed by atoms with Crippen LogP contribution in [0, 0.1) is 5.92 Å². The van der Waals surface area contributed by atoms with Gasteiger partial charge in [-0.15, -0.1) is 0 Å². The van der Waals surface area contributed by atoms with Crippen LogP contribution in [0.3, 0.4) is 0 Å². The Morgan fingerprint density at radius 1 is 1.27 bits per heavy atom.